The highest BCUT2D eigenvalue weighted by Crippen LogP contribution is 2.22. The summed E-state index contributed by atoms with van der Waals surface area (Å²) in [6.07, 6.45) is 1.30. The van der Waals surface area contributed by atoms with Crippen LogP contribution < -0.4 is 16.2 Å². The van der Waals surface area contributed by atoms with Crippen molar-refractivity contribution in [1.29, 1.82) is 0 Å². The molecule has 0 saturated carbocycles. The van der Waals surface area contributed by atoms with Gasteiger partial charge in [0.15, 0.2) is 12.1 Å². The minimum atomic E-state index is -0.738. The van der Waals surface area contributed by atoms with Crippen LogP contribution in [0.3, 0.4) is 0 Å². The molecular weight excluding hydrogens is 486 g/mol. The van der Waals surface area contributed by atoms with Gasteiger partial charge in [0.2, 0.25) is 0 Å². The molecule has 1 amide bonds. The number of carbonyl (C=O) groups is 3. The van der Waals surface area contributed by atoms with Crippen LogP contribution in [0.2, 0.25) is 0 Å². The molecule has 1 aromatic heterocycles. The number of nitrogens with one attached hydrogen (secondary N) is 3. The van der Waals surface area contributed by atoms with Gasteiger partial charge in [-0.3, -0.25) is 19.2 Å². The highest BCUT2D eigenvalue weighted by atomic mass is 19.1. The Kier molecular flexibility index (Phi) is 13.7. The lowest BCUT2D eigenvalue weighted by atomic mass is 9.99. The molecule has 0 bridgehead atoms. The predicted molar refractivity (Wildman–Crippen MR) is 134 cm³/mol. The van der Waals surface area contributed by atoms with Crippen LogP contribution in [0.1, 0.15) is 58.9 Å². The molecule has 0 aliphatic rings. The van der Waals surface area contributed by atoms with Gasteiger partial charge in [-0.1, -0.05) is 38.1 Å². The summed E-state index contributed by atoms with van der Waals surface area (Å²) in [5, 5.41) is 5.34. The van der Waals surface area contributed by atoms with Crippen LogP contribution in [0.25, 0.3) is 0 Å². The molecule has 2 aromatic carbocycles. The topological polar surface area (TPSA) is 130 Å². The summed E-state index contributed by atoms with van der Waals surface area (Å²) in [6.45, 7) is 5.51. The van der Waals surface area contributed by atoms with Gasteiger partial charge in [-0.25, -0.2) is 13.8 Å². The zero-order chi connectivity index (χ0) is 27.8. The second-order valence-electron chi connectivity index (χ2n) is 6.95. The number of H-pyrrole nitrogens is 1. The van der Waals surface area contributed by atoms with Crippen LogP contribution in [-0.4, -0.2) is 48.3 Å². The van der Waals surface area contributed by atoms with Crippen LogP contribution in [0, 0.1) is 11.6 Å². The average molecular weight is 517 g/mol. The Morgan fingerprint density at radius 1 is 1.03 bits per heavy atom. The number of carbonyl (C=O) groups excluding carboxylic acids is 3. The maximum absolute atomic E-state index is 12.8. The molecule has 0 radical (unpaired) electrons. The number of ether oxygens (including phenoxy) is 1. The van der Waals surface area contributed by atoms with E-state index in [1.165, 1.54) is 24.3 Å². The summed E-state index contributed by atoms with van der Waals surface area (Å²) < 4.78 is 30.3. The molecule has 3 rings (SSSR count). The van der Waals surface area contributed by atoms with E-state index in [0.717, 1.165) is 17.3 Å². The maximum atomic E-state index is 12.8. The number of halogens is 2. The van der Waals surface area contributed by atoms with Gasteiger partial charge in [-0.15, -0.1) is 0 Å². The largest absolute Gasteiger partial charge is 0.465 e. The molecule has 0 unspecified atom stereocenters. The second-order valence-corrected chi connectivity index (χ2v) is 6.95. The Labute approximate surface area is 213 Å². The van der Waals surface area contributed by atoms with Crippen molar-refractivity contribution in [2.24, 2.45) is 0 Å². The Hall–Kier alpha value is -4.25. The Balaban J connectivity index is 0.000000347. The van der Waals surface area contributed by atoms with Crippen molar-refractivity contribution in [3.8, 4) is 0 Å². The SMILES string of the molecule is CC.CCOC(=O)CNC(=O)c1ncc(C=O)c(=O)[nH]1.CNC(c1ccc(F)cc1)c1ccc(F)cc1. The third-order valence-corrected chi connectivity index (χ3v) is 4.56. The summed E-state index contributed by atoms with van der Waals surface area (Å²) in [6, 6.07) is 12.5. The van der Waals surface area contributed by atoms with Crippen LogP contribution in [0.5, 0.6) is 0 Å². The fourth-order valence-corrected chi connectivity index (χ4v) is 2.89. The van der Waals surface area contributed by atoms with E-state index in [-0.39, 0.29) is 42.2 Å². The lowest BCUT2D eigenvalue weighted by Gasteiger charge is -2.17. The van der Waals surface area contributed by atoms with E-state index in [2.05, 4.69) is 25.3 Å². The van der Waals surface area contributed by atoms with Crippen molar-refractivity contribution >= 4 is 18.2 Å². The molecule has 0 spiro atoms. The summed E-state index contributed by atoms with van der Waals surface area (Å²) in [7, 11) is 1.82. The normalized spacial score (nSPS) is 9.81. The van der Waals surface area contributed by atoms with Crippen molar-refractivity contribution < 1.29 is 27.9 Å². The Morgan fingerprint density at radius 2 is 1.54 bits per heavy atom. The monoisotopic (exact) mass is 516 g/mol. The number of hydrogen-bond donors (Lipinski definition) is 3. The molecule has 0 atom stereocenters. The molecule has 0 fully saturated rings. The Bertz CT molecular complexity index is 1150. The first-order chi connectivity index (χ1) is 17.8. The standard InChI is InChI=1S/C14H13F2N.C10H11N3O5.C2H6/c1-17-14(10-2-6-12(15)7-3-10)11-4-8-13(16)9-5-11;1-2-18-7(15)4-12-10(17)8-11-3-6(5-14)9(16)13-8;1-2/h2-9,14,17H,1H3;3,5H,2,4H2,1H3,(H,12,17)(H,11,13,16);1-2H3. The maximum Gasteiger partial charge on any atom is 0.325 e. The van der Waals surface area contributed by atoms with Gasteiger partial charge in [-0.2, -0.15) is 0 Å². The average Bonchev–Trinajstić information content (AvgIpc) is 2.91. The van der Waals surface area contributed by atoms with Gasteiger partial charge in [0, 0.05) is 6.20 Å². The first-order valence-electron chi connectivity index (χ1n) is 11.5. The van der Waals surface area contributed by atoms with E-state index in [1.807, 2.05) is 20.9 Å². The second kappa shape index (κ2) is 16.4. The Morgan fingerprint density at radius 3 is 1.95 bits per heavy atom. The van der Waals surface area contributed by atoms with Crippen LogP contribution in [-0.2, 0) is 9.53 Å². The smallest absolute Gasteiger partial charge is 0.325 e. The van der Waals surface area contributed by atoms with Gasteiger partial charge in [-0.05, 0) is 49.4 Å². The van der Waals surface area contributed by atoms with E-state index in [4.69, 9.17) is 0 Å². The van der Waals surface area contributed by atoms with Gasteiger partial charge in [0.25, 0.3) is 11.5 Å². The van der Waals surface area contributed by atoms with Crippen molar-refractivity contribution in [3.63, 3.8) is 0 Å². The number of benzene rings is 2. The fraction of sp³-hybridized carbons (Fsp3) is 0.269. The number of aromatic nitrogens is 2. The molecule has 9 nitrogen and oxygen atoms in total. The van der Waals surface area contributed by atoms with E-state index < -0.39 is 17.4 Å². The van der Waals surface area contributed by atoms with E-state index >= 15 is 0 Å². The predicted octanol–water partition coefficient (Wildman–Crippen LogP) is 3.18. The van der Waals surface area contributed by atoms with E-state index in [0.29, 0.717) is 6.29 Å². The van der Waals surface area contributed by atoms with Crippen molar-refractivity contribution in [2.75, 3.05) is 20.2 Å². The zero-order valence-corrected chi connectivity index (χ0v) is 21.0. The van der Waals surface area contributed by atoms with E-state index in [9.17, 15) is 28.0 Å². The number of hydrogen-bond acceptors (Lipinski definition) is 7. The molecule has 37 heavy (non-hydrogen) atoms. The van der Waals surface area contributed by atoms with Crippen LogP contribution in [0.4, 0.5) is 8.78 Å². The number of aldehydes is 1. The molecule has 3 N–H and O–H groups in total. The summed E-state index contributed by atoms with van der Waals surface area (Å²) in [5.74, 6) is -2.14. The molecule has 1 heterocycles. The number of rotatable bonds is 8. The third kappa shape index (κ3) is 10.1. The lowest BCUT2D eigenvalue weighted by Crippen LogP contribution is -2.33. The lowest BCUT2D eigenvalue weighted by molar-refractivity contribution is -0.141. The van der Waals surface area contributed by atoms with Crippen LogP contribution in [0.15, 0.2) is 59.5 Å². The first kappa shape index (κ1) is 30.8. The molecule has 0 aliphatic heterocycles. The fourth-order valence-electron chi connectivity index (χ4n) is 2.89. The number of esters is 1. The molecule has 0 saturated heterocycles. The molecule has 198 valence electrons. The molecule has 0 aliphatic carbocycles. The molecule has 3 aromatic rings. The van der Waals surface area contributed by atoms with Crippen molar-refractivity contribution in [1.82, 2.24) is 20.6 Å². The van der Waals surface area contributed by atoms with Gasteiger partial charge < -0.3 is 20.4 Å². The highest BCUT2D eigenvalue weighted by molar-refractivity contribution is 5.92. The molecule has 11 heteroatoms. The number of aromatic amines is 1. The van der Waals surface area contributed by atoms with Crippen molar-refractivity contribution in [2.45, 2.75) is 26.8 Å². The minimum absolute atomic E-state index is 0.0591. The molecular formula is C26H30F2N4O5. The third-order valence-electron chi connectivity index (χ3n) is 4.56. The summed E-state index contributed by atoms with van der Waals surface area (Å²) in [5.41, 5.74) is 0.985. The van der Waals surface area contributed by atoms with Gasteiger partial charge in [0.05, 0.1) is 18.2 Å². The van der Waals surface area contributed by atoms with Gasteiger partial charge in [0.1, 0.15) is 18.2 Å². The van der Waals surface area contributed by atoms with E-state index in [1.54, 1.807) is 31.2 Å². The zero-order valence-electron chi connectivity index (χ0n) is 21.0. The quantitative estimate of drug-likeness (QED) is 0.310. The van der Waals surface area contributed by atoms with Crippen LogP contribution >= 0.6 is 0 Å². The first-order valence-corrected chi connectivity index (χ1v) is 11.5. The van der Waals surface area contributed by atoms with Crippen molar-refractivity contribution in [3.05, 3.63) is 99.2 Å². The number of nitrogens with zero attached hydrogens (tertiary/aromatic N) is 1. The summed E-state index contributed by atoms with van der Waals surface area (Å²) >= 11 is 0. The minimum Gasteiger partial charge on any atom is -0.465 e. The number of amides is 1. The summed E-state index contributed by atoms with van der Waals surface area (Å²) in [4.78, 5) is 49.7. The highest BCUT2D eigenvalue weighted by Gasteiger charge is 2.13. The van der Waals surface area contributed by atoms with Gasteiger partial charge >= 0.3 is 5.97 Å².